The molecule has 5 nitrogen and oxygen atoms in total. The van der Waals surface area contributed by atoms with Crippen molar-refractivity contribution in [1.29, 1.82) is 0 Å². The highest BCUT2D eigenvalue weighted by molar-refractivity contribution is 7.98. The van der Waals surface area contributed by atoms with Gasteiger partial charge in [0, 0.05) is 6.04 Å². The van der Waals surface area contributed by atoms with Gasteiger partial charge in [0.2, 0.25) is 0 Å². The van der Waals surface area contributed by atoms with Gasteiger partial charge < -0.3 is 15.7 Å². The fraction of sp³-hybridized carbons (Fsp3) is 0.867. The Morgan fingerprint density at radius 2 is 1.95 bits per heavy atom. The van der Waals surface area contributed by atoms with Crippen LogP contribution >= 0.6 is 11.8 Å². The number of rotatable bonds is 7. The first-order chi connectivity index (χ1) is 9.95. The number of carbonyl (C=O) groups excluding carboxylic acids is 1. The summed E-state index contributed by atoms with van der Waals surface area (Å²) in [6.07, 6.45) is 6.84. The summed E-state index contributed by atoms with van der Waals surface area (Å²) in [5.41, 5.74) is 0. The minimum Gasteiger partial charge on any atom is -0.480 e. The molecule has 0 aromatic rings. The van der Waals surface area contributed by atoms with Crippen LogP contribution in [-0.2, 0) is 4.79 Å². The molecule has 3 N–H and O–H groups in total. The quantitative estimate of drug-likeness (QED) is 0.675. The van der Waals surface area contributed by atoms with E-state index in [-0.39, 0.29) is 12.1 Å². The summed E-state index contributed by atoms with van der Waals surface area (Å²) in [5, 5.41) is 14.7. The van der Waals surface area contributed by atoms with Gasteiger partial charge in [0.25, 0.3) is 0 Å². The van der Waals surface area contributed by atoms with Crippen LogP contribution in [0, 0.1) is 11.8 Å². The van der Waals surface area contributed by atoms with E-state index in [1.807, 2.05) is 6.26 Å². The summed E-state index contributed by atoms with van der Waals surface area (Å²) < 4.78 is 0. The van der Waals surface area contributed by atoms with Crippen LogP contribution in [0.25, 0.3) is 0 Å². The van der Waals surface area contributed by atoms with E-state index in [0.29, 0.717) is 18.3 Å². The number of carbonyl (C=O) groups is 2. The van der Waals surface area contributed by atoms with Crippen molar-refractivity contribution in [3.05, 3.63) is 0 Å². The number of carboxylic acid groups (broad SMARTS) is 1. The minimum atomic E-state index is -0.969. The number of carboxylic acids is 1. The molecule has 0 aromatic heterocycles. The molecule has 0 bridgehead atoms. The highest BCUT2D eigenvalue weighted by atomic mass is 32.2. The van der Waals surface area contributed by atoms with Crippen LogP contribution in [0.15, 0.2) is 0 Å². The smallest absolute Gasteiger partial charge is 0.326 e. The summed E-state index contributed by atoms with van der Waals surface area (Å²) in [4.78, 5) is 23.2. The molecule has 2 amide bonds. The fourth-order valence-corrected chi connectivity index (χ4v) is 3.47. The monoisotopic (exact) mass is 316 g/mol. The summed E-state index contributed by atoms with van der Waals surface area (Å²) >= 11 is 1.58. The van der Waals surface area contributed by atoms with E-state index in [2.05, 4.69) is 24.5 Å². The topological polar surface area (TPSA) is 78.4 Å². The normalized spacial score (nSPS) is 23.6. The predicted octanol–water partition coefficient (Wildman–Crippen LogP) is 2.71. The van der Waals surface area contributed by atoms with Crippen molar-refractivity contribution in [2.45, 2.75) is 58.0 Å². The lowest BCUT2D eigenvalue weighted by atomic mass is 9.78. The maximum Gasteiger partial charge on any atom is 0.326 e. The van der Waals surface area contributed by atoms with E-state index in [0.717, 1.165) is 25.0 Å². The standard InChI is InChI=1S/C15H28N2O3S/c1-10(2)11-6-4-5-7-12(11)16-15(20)17-13(14(18)19)8-9-21-3/h10-13H,4-9H2,1-3H3,(H,18,19)(H2,16,17,20)/t11?,12?,13-/m1/s1. The summed E-state index contributed by atoms with van der Waals surface area (Å²) in [6.45, 7) is 4.36. The zero-order valence-electron chi connectivity index (χ0n) is 13.2. The molecule has 1 aliphatic rings. The Bertz CT molecular complexity index is 350. The van der Waals surface area contributed by atoms with Crippen molar-refractivity contribution in [3.63, 3.8) is 0 Å². The van der Waals surface area contributed by atoms with Gasteiger partial charge in [0.1, 0.15) is 6.04 Å². The first-order valence-corrected chi connectivity index (χ1v) is 9.13. The van der Waals surface area contributed by atoms with Crippen LogP contribution in [0.4, 0.5) is 4.79 Å². The Kier molecular flexibility index (Phi) is 7.93. The number of aliphatic carboxylic acids is 1. The highest BCUT2D eigenvalue weighted by Gasteiger charge is 2.29. The number of hydrogen-bond acceptors (Lipinski definition) is 3. The number of hydrogen-bond donors (Lipinski definition) is 3. The second-order valence-electron chi connectivity index (χ2n) is 6.09. The summed E-state index contributed by atoms with van der Waals surface area (Å²) in [5.74, 6) is 0.763. The largest absolute Gasteiger partial charge is 0.480 e. The molecule has 122 valence electrons. The van der Waals surface area contributed by atoms with E-state index >= 15 is 0 Å². The molecule has 3 atom stereocenters. The van der Waals surface area contributed by atoms with E-state index in [9.17, 15) is 9.59 Å². The third-order valence-electron chi connectivity index (χ3n) is 4.21. The average Bonchev–Trinajstić information content (AvgIpc) is 2.43. The maximum absolute atomic E-state index is 12.1. The van der Waals surface area contributed by atoms with E-state index in [1.165, 1.54) is 6.42 Å². The molecule has 0 radical (unpaired) electrons. The van der Waals surface area contributed by atoms with E-state index in [4.69, 9.17) is 5.11 Å². The van der Waals surface area contributed by atoms with Gasteiger partial charge >= 0.3 is 12.0 Å². The molecule has 1 fully saturated rings. The Balaban J connectivity index is 2.51. The predicted molar refractivity (Wildman–Crippen MR) is 86.7 cm³/mol. The Hall–Kier alpha value is -0.910. The molecule has 1 rings (SSSR count). The van der Waals surface area contributed by atoms with Gasteiger partial charge in [0.15, 0.2) is 0 Å². The van der Waals surface area contributed by atoms with Gasteiger partial charge in [-0.25, -0.2) is 9.59 Å². The van der Waals surface area contributed by atoms with Crippen molar-refractivity contribution in [2.75, 3.05) is 12.0 Å². The van der Waals surface area contributed by atoms with Gasteiger partial charge in [-0.1, -0.05) is 26.7 Å². The number of nitrogens with one attached hydrogen (secondary N) is 2. The maximum atomic E-state index is 12.1. The molecule has 0 aliphatic heterocycles. The third-order valence-corrected chi connectivity index (χ3v) is 4.85. The lowest BCUT2D eigenvalue weighted by molar-refractivity contribution is -0.139. The minimum absolute atomic E-state index is 0.161. The van der Waals surface area contributed by atoms with Gasteiger partial charge in [-0.15, -0.1) is 0 Å². The molecular weight excluding hydrogens is 288 g/mol. The van der Waals surface area contributed by atoms with Crippen LogP contribution in [0.5, 0.6) is 0 Å². The first kappa shape index (κ1) is 18.1. The van der Waals surface area contributed by atoms with Crippen molar-refractivity contribution in [3.8, 4) is 0 Å². The van der Waals surface area contributed by atoms with Gasteiger partial charge in [-0.2, -0.15) is 11.8 Å². The molecule has 2 unspecified atom stereocenters. The van der Waals surface area contributed by atoms with Gasteiger partial charge in [0.05, 0.1) is 0 Å². The molecule has 1 saturated carbocycles. The molecular formula is C15H28N2O3S. The SMILES string of the molecule is CSCC[C@@H](NC(=O)NC1CCCCC1C(C)C)C(=O)O. The van der Waals surface area contributed by atoms with Gasteiger partial charge in [-0.05, 0) is 43.1 Å². The molecule has 0 aromatic carbocycles. The van der Waals surface area contributed by atoms with Crippen LogP contribution in [0.1, 0.15) is 46.0 Å². The van der Waals surface area contributed by atoms with Crippen LogP contribution in [-0.4, -0.2) is 41.2 Å². The molecule has 1 aliphatic carbocycles. The number of thioether (sulfide) groups is 1. The Morgan fingerprint density at radius 3 is 2.52 bits per heavy atom. The van der Waals surface area contributed by atoms with Gasteiger partial charge in [-0.3, -0.25) is 0 Å². The molecule has 21 heavy (non-hydrogen) atoms. The zero-order chi connectivity index (χ0) is 15.8. The van der Waals surface area contributed by atoms with Crippen molar-refractivity contribution >= 4 is 23.8 Å². The van der Waals surface area contributed by atoms with Crippen LogP contribution in [0.3, 0.4) is 0 Å². The fourth-order valence-electron chi connectivity index (χ4n) is 3.00. The average molecular weight is 316 g/mol. The lowest BCUT2D eigenvalue weighted by Crippen LogP contribution is -2.52. The van der Waals surface area contributed by atoms with Crippen LogP contribution in [0.2, 0.25) is 0 Å². The second-order valence-corrected chi connectivity index (χ2v) is 7.07. The third kappa shape index (κ3) is 6.16. The highest BCUT2D eigenvalue weighted by Crippen LogP contribution is 2.30. The first-order valence-electron chi connectivity index (χ1n) is 7.74. The molecule has 0 saturated heterocycles. The molecule has 6 heteroatoms. The summed E-state index contributed by atoms with van der Waals surface area (Å²) in [7, 11) is 0. The van der Waals surface area contributed by atoms with Crippen molar-refractivity contribution < 1.29 is 14.7 Å². The second kappa shape index (κ2) is 9.18. The van der Waals surface area contributed by atoms with E-state index in [1.54, 1.807) is 11.8 Å². The number of urea groups is 1. The van der Waals surface area contributed by atoms with Crippen molar-refractivity contribution in [2.24, 2.45) is 11.8 Å². The summed E-state index contributed by atoms with van der Waals surface area (Å²) in [6, 6.07) is -0.992. The lowest BCUT2D eigenvalue weighted by Gasteiger charge is -2.35. The van der Waals surface area contributed by atoms with Crippen LogP contribution < -0.4 is 10.6 Å². The van der Waals surface area contributed by atoms with E-state index < -0.39 is 12.0 Å². The van der Waals surface area contributed by atoms with Crippen molar-refractivity contribution in [1.82, 2.24) is 10.6 Å². The Morgan fingerprint density at radius 1 is 1.29 bits per heavy atom. The number of amides is 2. The molecule has 0 heterocycles. The zero-order valence-corrected chi connectivity index (χ0v) is 14.0. The Labute approximate surface area is 131 Å². The molecule has 0 spiro atoms.